The van der Waals surface area contributed by atoms with E-state index in [1.807, 2.05) is 36.4 Å². The van der Waals surface area contributed by atoms with Gasteiger partial charge in [0.05, 0.1) is 30.5 Å². The summed E-state index contributed by atoms with van der Waals surface area (Å²) in [6, 6.07) is 11.3. The smallest absolute Gasteiger partial charge is 0.254 e. The average molecular weight is 549 g/mol. The molecule has 8 rings (SSSR count). The first-order chi connectivity index (χ1) is 19.9. The molecule has 4 aromatic rings. The molecule has 3 saturated heterocycles. The number of hydrogen-bond acceptors (Lipinski definition) is 6. The Balaban J connectivity index is 1.09. The Morgan fingerprint density at radius 1 is 1.07 bits per heavy atom. The predicted molar refractivity (Wildman–Crippen MR) is 160 cm³/mol. The summed E-state index contributed by atoms with van der Waals surface area (Å²) in [5, 5.41) is 0. The van der Waals surface area contributed by atoms with Crippen molar-refractivity contribution in [2.45, 2.75) is 32.7 Å². The van der Waals surface area contributed by atoms with Crippen LogP contribution in [0.1, 0.15) is 33.5 Å². The number of hydrogen-bond donors (Lipinski definition) is 1. The number of carbonyl (C=O) groups is 1. The maximum atomic E-state index is 13.2. The van der Waals surface area contributed by atoms with E-state index in [-0.39, 0.29) is 11.3 Å². The van der Waals surface area contributed by atoms with Crippen LogP contribution in [0.3, 0.4) is 0 Å². The summed E-state index contributed by atoms with van der Waals surface area (Å²) in [5.41, 5.74) is 11.8. The van der Waals surface area contributed by atoms with E-state index in [9.17, 15) is 4.79 Å². The number of likely N-dealkylation sites (tertiary alicyclic amines) is 1. The predicted octanol–water partition coefficient (Wildman–Crippen LogP) is 4.45. The van der Waals surface area contributed by atoms with Crippen molar-refractivity contribution in [1.29, 1.82) is 0 Å². The number of aromatic nitrogens is 3. The third kappa shape index (κ3) is 3.99. The number of amides is 1. The van der Waals surface area contributed by atoms with Gasteiger partial charge in [-0.25, -0.2) is 9.97 Å². The molecular formula is C33H36N6O2. The minimum Gasteiger partial charge on any atom is -0.380 e. The fourth-order valence-electron chi connectivity index (χ4n) is 7.45. The van der Waals surface area contributed by atoms with Gasteiger partial charge in [-0.2, -0.15) is 0 Å². The molecular weight excluding hydrogens is 512 g/mol. The van der Waals surface area contributed by atoms with Crippen LogP contribution in [0.5, 0.6) is 0 Å². The van der Waals surface area contributed by atoms with Gasteiger partial charge in [-0.3, -0.25) is 4.79 Å². The summed E-state index contributed by atoms with van der Waals surface area (Å²) in [6.45, 7) is 10.7. The first-order valence-corrected chi connectivity index (χ1v) is 14.8. The number of anilines is 1. The number of carbonyl (C=O) groups excluding carboxylic acids is 1. The standard InChI is InChI=1S/C33H36N6O2/c1-20-10-22(5-7-26(20)32(40)38-16-33(17-38)18-41-19-33)27-13-34-31-29(27)36-28(14-35-31)24-11-21(2)30-23(12-24)4-6-25-15-37(3)8-9-39(25)30/h5,7,10-14,25H,4,6,8-9,15-19H2,1-3H3,(H,34,35)/t25-/m0/s1. The zero-order valence-electron chi connectivity index (χ0n) is 24.0. The fraction of sp³-hybridized carbons (Fsp3) is 0.424. The molecule has 0 aliphatic carbocycles. The Morgan fingerprint density at radius 2 is 1.90 bits per heavy atom. The highest BCUT2D eigenvalue weighted by Gasteiger charge is 2.50. The van der Waals surface area contributed by atoms with E-state index in [1.165, 1.54) is 23.2 Å². The largest absolute Gasteiger partial charge is 0.380 e. The van der Waals surface area contributed by atoms with E-state index in [4.69, 9.17) is 14.7 Å². The molecule has 1 atom stereocenters. The Kier molecular flexibility index (Phi) is 5.57. The highest BCUT2D eigenvalue weighted by atomic mass is 16.5. The van der Waals surface area contributed by atoms with Crippen molar-refractivity contribution in [2.24, 2.45) is 5.41 Å². The molecule has 2 aromatic carbocycles. The summed E-state index contributed by atoms with van der Waals surface area (Å²) in [6.07, 6.45) is 6.15. The number of rotatable bonds is 3. The van der Waals surface area contributed by atoms with Crippen molar-refractivity contribution in [1.82, 2.24) is 24.8 Å². The number of aromatic amines is 1. The summed E-state index contributed by atoms with van der Waals surface area (Å²) in [4.78, 5) is 33.4. The van der Waals surface area contributed by atoms with Crippen LogP contribution in [0.2, 0.25) is 0 Å². The van der Waals surface area contributed by atoms with E-state index in [2.05, 4.69) is 47.0 Å². The third-order valence-corrected chi connectivity index (χ3v) is 9.70. The van der Waals surface area contributed by atoms with E-state index >= 15 is 0 Å². The number of likely N-dealkylation sites (N-methyl/N-ethyl adjacent to an activating group) is 1. The lowest BCUT2D eigenvalue weighted by atomic mass is 9.77. The summed E-state index contributed by atoms with van der Waals surface area (Å²) < 4.78 is 5.36. The molecule has 8 nitrogen and oxygen atoms in total. The summed E-state index contributed by atoms with van der Waals surface area (Å²) in [7, 11) is 2.23. The first-order valence-electron chi connectivity index (χ1n) is 14.8. The van der Waals surface area contributed by atoms with Gasteiger partial charge in [0, 0.05) is 67.3 Å². The molecule has 3 fully saturated rings. The Hall–Kier alpha value is -3.75. The Morgan fingerprint density at radius 3 is 2.68 bits per heavy atom. The second-order valence-electron chi connectivity index (χ2n) is 12.8. The van der Waals surface area contributed by atoms with Gasteiger partial charge in [-0.05, 0) is 74.2 Å². The lowest BCUT2D eigenvalue weighted by Gasteiger charge is -2.55. The van der Waals surface area contributed by atoms with Crippen molar-refractivity contribution in [3.63, 3.8) is 0 Å². The van der Waals surface area contributed by atoms with E-state index in [0.717, 1.165) is 97.0 Å². The van der Waals surface area contributed by atoms with Crippen LogP contribution in [0.25, 0.3) is 33.5 Å². The number of nitrogens with one attached hydrogen (secondary N) is 1. The normalized spacial score (nSPS) is 21.4. The molecule has 1 N–H and O–H groups in total. The van der Waals surface area contributed by atoms with Crippen LogP contribution >= 0.6 is 0 Å². The molecule has 2 aromatic heterocycles. The molecule has 4 aliphatic rings. The molecule has 1 amide bonds. The highest BCUT2D eigenvalue weighted by Crippen LogP contribution is 2.40. The van der Waals surface area contributed by atoms with Gasteiger partial charge in [0.2, 0.25) is 0 Å². The van der Waals surface area contributed by atoms with Gasteiger partial charge in [0.25, 0.3) is 5.91 Å². The molecule has 0 radical (unpaired) electrons. The quantitative estimate of drug-likeness (QED) is 0.408. The van der Waals surface area contributed by atoms with Crippen LogP contribution < -0.4 is 4.90 Å². The van der Waals surface area contributed by atoms with Gasteiger partial charge in [-0.1, -0.05) is 12.1 Å². The number of benzene rings is 2. The Bertz CT molecular complexity index is 1700. The second kappa shape index (κ2) is 9.13. The Labute approximate surface area is 240 Å². The van der Waals surface area contributed by atoms with Gasteiger partial charge in [0.1, 0.15) is 5.52 Å². The topological polar surface area (TPSA) is 77.6 Å². The van der Waals surface area contributed by atoms with Crippen LogP contribution in [0.4, 0.5) is 5.69 Å². The van der Waals surface area contributed by atoms with Crippen LogP contribution in [-0.2, 0) is 11.2 Å². The summed E-state index contributed by atoms with van der Waals surface area (Å²) >= 11 is 0. The molecule has 6 heterocycles. The first kappa shape index (κ1) is 25.0. The van der Waals surface area contributed by atoms with Crippen molar-refractivity contribution in [2.75, 3.05) is 57.9 Å². The zero-order valence-corrected chi connectivity index (χ0v) is 24.0. The molecule has 0 bridgehead atoms. The lowest BCUT2D eigenvalue weighted by Crippen LogP contribution is -2.67. The molecule has 210 valence electrons. The number of H-pyrrole nitrogens is 1. The van der Waals surface area contributed by atoms with E-state index in [1.54, 1.807) is 0 Å². The molecule has 8 heteroatoms. The number of fused-ring (bicyclic) bond motifs is 4. The molecule has 1 spiro atoms. The monoisotopic (exact) mass is 548 g/mol. The number of aryl methyl sites for hydroxylation is 3. The van der Waals surface area contributed by atoms with Gasteiger partial charge in [0.15, 0.2) is 5.65 Å². The second-order valence-corrected chi connectivity index (χ2v) is 12.8. The van der Waals surface area contributed by atoms with Gasteiger partial charge >= 0.3 is 0 Å². The molecule has 41 heavy (non-hydrogen) atoms. The minimum absolute atomic E-state index is 0.109. The van der Waals surface area contributed by atoms with Gasteiger partial charge < -0.3 is 24.4 Å². The van der Waals surface area contributed by atoms with Crippen molar-refractivity contribution in [3.05, 3.63) is 65.0 Å². The number of nitrogens with zero attached hydrogens (tertiary/aromatic N) is 5. The average Bonchev–Trinajstić information content (AvgIpc) is 3.34. The SMILES string of the molecule is Cc1cc(-c2c[nH]c3ncc(-c4cc(C)c5c(c4)CC[C@H]4CN(C)CCN54)nc23)ccc1C(=O)N1CC2(COC2)C1. The number of piperazine rings is 1. The maximum Gasteiger partial charge on any atom is 0.254 e. The van der Waals surface area contributed by atoms with Crippen molar-refractivity contribution in [3.8, 4) is 22.4 Å². The lowest BCUT2D eigenvalue weighted by molar-refractivity contribution is -0.176. The van der Waals surface area contributed by atoms with E-state index < -0.39 is 0 Å². The van der Waals surface area contributed by atoms with E-state index in [0.29, 0.717) is 6.04 Å². The molecule has 0 unspecified atom stereocenters. The minimum atomic E-state index is 0.109. The van der Waals surface area contributed by atoms with Crippen LogP contribution in [0, 0.1) is 19.3 Å². The third-order valence-electron chi connectivity index (χ3n) is 9.70. The maximum absolute atomic E-state index is 13.2. The van der Waals surface area contributed by atoms with Crippen LogP contribution in [0.15, 0.2) is 42.7 Å². The highest BCUT2D eigenvalue weighted by molar-refractivity contribution is 5.98. The number of ether oxygens (including phenoxy) is 1. The molecule has 0 saturated carbocycles. The fourth-order valence-corrected chi connectivity index (χ4v) is 7.45. The van der Waals surface area contributed by atoms with Crippen molar-refractivity contribution < 1.29 is 9.53 Å². The molecule has 4 aliphatic heterocycles. The zero-order chi connectivity index (χ0) is 27.9. The van der Waals surface area contributed by atoms with Crippen LogP contribution in [-0.4, -0.2) is 89.7 Å². The van der Waals surface area contributed by atoms with Gasteiger partial charge in [-0.15, -0.1) is 0 Å². The summed E-state index contributed by atoms with van der Waals surface area (Å²) in [5.74, 6) is 0.109. The van der Waals surface area contributed by atoms with Crippen molar-refractivity contribution >= 4 is 22.8 Å².